The van der Waals surface area contributed by atoms with Crippen molar-refractivity contribution in [1.82, 2.24) is 10.3 Å². The van der Waals surface area contributed by atoms with Crippen molar-refractivity contribution >= 4 is 46.4 Å². The third-order valence-electron chi connectivity index (χ3n) is 3.69. The van der Waals surface area contributed by atoms with Crippen LogP contribution in [0.4, 0.5) is 0 Å². The molecule has 126 valence electrons. The Morgan fingerprint density at radius 1 is 1.33 bits per heavy atom. The maximum absolute atomic E-state index is 12.3. The van der Waals surface area contributed by atoms with E-state index in [1.54, 1.807) is 23.6 Å². The molecule has 0 saturated carbocycles. The number of carboxylic acids is 1. The Hall–Kier alpha value is -1.67. The largest absolute Gasteiger partial charge is 0.479 e. The zero-order valence-electron chi connectivity index (χ0n) is 12.2. The summed E-state index contributed by atoms with van der Waals surface area (Å²) in [7, 11) is 0. The van der Waals surface area contributed by atoms with Crippen LogP contribution in [0.1, 0.15) is 16.9 Å². The van der Waals surface area contributed by atoms with Crippen molar-refractivity contribution in [3.05, 3.63) is 39.3 Å². The lowest BCUT2D eigenvalue weighted by Crippen LogP contribution is -2.55. The van der Waals surface area contributed by atoms with Crippen LogP contribution >= 0.6 is 34.5 Å². The van der Waals surface area contributed by atoms with Gasteiger partial charge in [0.1, 0.15) is 10.7 Å². The van der Waals surface area contributed by atoms with Crippen molar-refractivity contribution in [2.45, 2.75) is 12.0 Å². The van der Waals surface area contributed by atoms with E-state index in [1.165, 1.54) is 11.3 Å². The van der Waals surface area contributed by atoms with Crippen LogP contribution in [0.15, 0.2) is 23.6 Å². The molecule has 1 fully saturated rings. The standard InChI is InChI=1S/C15H12Cl2N2O4S/c16-9-2-1-8(5-10(9)17)13-18-11(6-24-13)12(20)19-15(14(21)22)3-4-23-7-15/h1-2,5-6H,3-4,7H2,(H,19,20)(H,21,22). The Bertz CT molecular complexity index is 803. The van der Waals surface area contributed by atoms with Gasteiger partial charge < -0.3 is 15.2 Å². The molecule has 9 heteroatoms. The Morgan fingerprint density at radius 2 is 2.12 bits per heavy atom. The molecule has 0 bridgehead atoms. The number of carboxylic acid groups (broad SMARTS) is 1. The third-order valence-corrected chi connectivity index (χ3v) is 5.32. The van der Waals surface area contributed by atoms with Crippen molar-refractivity contribution < 1.29 is 19.4 Å². The van der Waals surface area contributed by atoms with Crippen molar-refractivity contribution in [2.75, 3.05) is 13.2 Å². The van der Waals surface area contributed by atoms with E-state index in [0.717, 1.165) is 5.56 Å². The molecule has 1 unspecified atom stereocenters. The second-order valence-corrected chi connectivity index (χ2v) is 6.98. The number of aromatic nitrogens is 1. The first kappa shape index (κ1) is 17.2. The number of hydrogen-bond acceptors (Lipinski definition) is 5. The Kier molecular flexibility index (Phi) is 4.78. The van der Waals surface area contributed by atoms with Gasteiger partial charge in [-0.1, -0.05) is 29.3 Å². The second kappa shape index (κ2) is 6.68. The van der Waals surface area contributed by atoms with Gasteiger partial charge >= 0.3 is 5.97 Å². The Balaban J connectivity index is 1.81. The molecule has 1 aromatic carbocycles. The molecule has 1 aliphatic heterocycles. The van der Waals surface area contributed by atoms with Crippen molar-refractivity contribution in [3.8, 4) is 10.6 Å². The van der Waals surface area contributed by atoms with Crippen LogP contribution < -0.4 is 5.32 Å². The van der Waals surface area contributed by atoms with Crippen LogP contribution in [0.2, 0.25) is 10.0 Å². The molecule has 1 aromatic heterocycles. The maximum atomic E-state index is 12.3. The lowest BCUT2D eigenvalue weighted by molar-refractivity contribution is -0.144. The number of carbonyl (C=O) groups excluding carboxylic acids is 1. The summed E-state index contributed by atoms with van der Waals surface area (Å²) < 4.78 is 5.12. The van der Waals surface area contributed by atoms with E-state index in [9.17, 15) is 14.7 Å². The fourth-order valence-corrected chi connectivity index (χ4v) is 3.40. The fraction of sp³-hybridized carbons (Fsp3) is 0.267. The van der Waals surface area contributed by atoms with Crippen molar-refractivity contribution in [1.29, 1.82) is 0 Å². The lowest BCUT2D eigenvalue weighted by atomic mass is 9.99. The molecule has 1 saturated heterocycles. The maximum Gasteiger partial charge on any atom is 0.331 e. The molecular weight excluding hydrogens is 375 g/mol. The molecule has 1 atom stereocenters. The van der Waals surface area contributed by atoms with Gasteiger partial charge in [-0.25, -0.2) is 9.78 Å². The van der Waals surface area contributed by atoms with Gasteiger partial charge in [-0.3, -0.25) is 4.79 Å². The number of halogens is 2. The first-order valence-corrected chi connectivity index (χ1v) is 8.59. The highest BCUT2D eigenvalue weighted by molar-refractivity contribution is 7.13. The molecule has 0 spiro atoms. The summed E-state index contributed by atoms with van der Waals surface area (Å²) in [6.07, 6.45) is 0.220. The Morgan fingerprint density at radius 3 is 2.75 bits per heavy atom. The number of hydrogen-bond donors (Lipinski definition) is 2. The SMILES string of the molecule is O=C(NC1(C(=O)O)CCOC1)c1csc(-c2ccc(Cl)c(Cl)c2)n1. The molecular formula is C15H12Cl2N2O4S. The second-order valence-electron chi connectivity index (χ2n) is 5.31. The van der Waals surface area contributed by atoms with E-state index in [0.29, 0.717) is 15.1 Å². The van der Waals surface area contributed by atoms with Crippen LogP contribution in [-0.2, 0) is 9.53 Å². The smallest absolute Gasteiger partial charge is 0.331 e. The quantitative estimate of drug-likeness (QED) is 0.842. The molecule has 1 aliphatic rings. The third kappa shape index (κ3) is 3.25. The number of rotatable bonds is 4. The first-order chi connectivity index (χ1) is 11.4. The van der Waals surface area contributed by atoms with E-state index in [4.69, 9.17) is 27.9 Å². The Labute approximate surface area is 151 Å². The molecule has 2 aromatic rings. The number of carbonyl (C=O) groups is 2. The van der Waals surface area contributed by atoms with Gasteiger partial charge in [0.05, 0.1) is 16.7 Å². The van der Waals surface area contributed by atoms with E-state index < -0.39 is 17.4 Å². The van der Waals surface area contributed by atoms with Crippen LogP contribution in [0, 0.1) is 0 Å². The molecule has 2 N–H and O–H groups in total. The van der Waals surface area contributed by atoms with Gasteiger partial charge in [0.25, 0.3) is 5.91 Å². The minimum absolute atomic E-state index is 0.0577. The summed E-state index contributed by atoms with van der Waals surface area (Å²) in [5, 5.41) is 14.9. The van der Waals surface area contributed by atoms with Crippen LogP contribution in [-0.4, -0.2) is 40.7 Å². The summed E-state index contributed by atoms with van der Waals surface area (Å²) in [5.41, 5.74) is -0.524. The predicted octanol–water partition coefficient (Wildman–Crippen LogP) is 3.09. The topological polar surface area (TPSA) is 88.5 Å². The number of nitrogens with one attached hydrogen (secondary N) is 1. The zero-order valence-corrected chi connectivity index (χ0v) is 14.5. The van der Waals surface area contributed by atoms with Crippen molar-refractivity contribution in [3.63, 3.8) is 0 Å². The average Bonchev–Trinajstić information content (AvgIpc) is 3.20. The lowest BCUT2D eigenvalue weighted by Gasteiger charge is -2.22. The van der Waals surface area contributed by atoms with Crippen LogP contribution in [0.5, 0.6) is 0 Å². The van der Waals surface area contributed by atoms with Gasteiger partial charge in [-0.15, -0.1) is 11.3 Å². The molecule has 1 amide bonds. The highest BCUT2D eigenvalue weighted by Gasteiger charge is 2.44. The molecule has 0 aliphatic carbocycles. The van der Waals surface area contributed by atoms with E-state index in [1.807, 2.05) is 0 Å². The normalized spacial score (nSPS) is 20.1. The summed E-state index contributed by atoms with van der Waals surface area (Å²) in [4.78, 5) is 28.0. The van der Waals surface area contributed by atoms with Gasteiger partial charge in [0.15, 0.2) is 5.54 Å². The molecule has 24 heavy (non-hydrogen) atoms. The van der Waals surface area contributed by atoms with Gasteiger partial charge in [0.2, 0.25) is 0 Å². The fourth-order valence-electron chi connectivity index (χ4n) is 2.31. The minimum atomic E-state index is -1.40. The highest BCUT2D eigenvalue weighted by atomic mass is 35.5. The number of ether oxygens (including phenoxy) is 1. The minimum Gasteiger partial charge on any atom is -0.479 e. The average molecular weight is 387 g/mol. The van der Waals surface area contributed by atoms with Gasteiger partial charge in [-0.2, -0.15) is 0 Å². The summed E-state index contributed by atoms with van der Waals surface area (Å²) in [5.74, 6) is -1.67. The summed E-state index contributed by atoms with van der Waals surface area (Å²) >= 11 is 13.1. The number of nitrogens with zero attached hydrogens (tertiary/aromatic N) is 1. The number of benzene rings is 1. The number of amides is 1. The van der Waals surface area contributed by atoms with Crippen LogP contribution in [0.3, 0.4) is 0 Å². The van der Waals surface area contributed by atoms with E-state index in [2.05, 4.69) is 10.3 Å². The highest BCUT2D eigenvalue weighted by Crippen LogP contribution is 2.30. The monoisotopic (exact) mass is 386 g/mol. The molecule has 6 nitrogen and oxygen atoms in total. The van der Waals surface area contributed by atoms with Crippen LogP contribution in [0.25, 0.3) is 10.6 Å². The summed E-state index contributed by atoms with van der Waals surface area (Å²) in [6.45, 7) is 0.232. The summed E-state index contributed by atoms with van der Waals surface area (Å²) in [6, 6.07) is 5.06. The molecule has 0 radical (unpaired) electrons. The van der Waals surface area contributed by atoms with E-state index >= 15 is 0 Å². The zero-order chi connectivity index (χ0) is 17.3. The first-order valence-electron chi connectivity index (χ1n) is 6.96. The van der Waals surface area contributed by atoms with E-state index in [-0.39, 0.29) is 25.3 Å². The number of aliphatic carboxylic acids is 1. The molecule has 2 heterocycles. The number of thiazole rings is 1. The predicted molar refractivity (Wildman–Crippen MR) is 90.8 cm³/mol. The van der Waals surface area contributed by atoms with Gasteiger partial charge in [0, 0.05) is 24.0 Å². The van der Waals surface area contributed by atoms with Crippen molar-refractivity contribution in [2.24, 2.45) is 0 Å². The van der Waals surface area contributed by atoms with Gasteiger partial charge in [-0.05, 0) is 12.1 Å². The molecule has 3 rings (SSSR count).